The highest BCUT2D eigenvalue weighted by molar-refractivity contribution is 7.80. The molecule has 6 heteroatoms. The van der Waals surface area contributed by atoms with Crippen LogP contribution < -0.4 is 20.9 Å². The summed E-state index contributed by atoms with van der Waals surface area (Å²) < 4.78 is 5.57. The summed E-state index contributed by atoms with van der Waals surface area (Å²) in [6.45, 7) is 7.38. The molecule has 0 aliphatic rings. The standard InChI is InChI=1S/C16H25N3O2S/c1-12(2)8-10-17-16(22)19-18-15(20)9-11-21-14-7-5-4-6-13(14)3/h4-7,12H,8-11H2,1-3H3,(H,18,20)(H2,17,19,22). The van der Waals surface area contributed by atoms with Crippen LogP contribution in [0.15, 0.2) is 24.3 Å². The largest absolute Gasteiger partial charge is 0.493 e. The first-order valence-electron chi connectivity index (χ1n) is 7.50. The van der Waals surface area contributed by atoms with Gasteiger partial charge in [-0.05, 0) is 43.1 Å². The molecular formula is C16H25N3O2S. The first kappa shape index (κ1) is 18.2. The summed E-state index contributed by atoms with van der Waals surface area (Å²) in [6, 6.07) is 7.72. The first-order valence-corrected chi connectivity index (χ1v) is 7.91. The Morgan fingerprint density at radius 2 is 2.00 bits per heavy atom. The number of ether oxygens (including phenoxy) is 1. The number of carbonyl (C=O) groups excluding carboxylic acids is 1. The predicted octanol–water partition coefficient (Wildman–Crippen LogP) is 2.31. The van der Waals surface area contributed by atoms with Crippen LogP contribution in [0.2, 0.25) is 0 Å². The molecule has 22 heavy (non-hydrogen) atoms. The van der Waals surface area contributed by atoms with Gasteiger partial charge >= 0.3 is 0 Å². The molecule has 0 unspecified atom stereocenters. The number of nitrogens with one attached hydrogen (secondary N) is 3. The highest BCUT2D eigenvalue weighted by Crippen LogP contribution is 2.15. The van der Waals surface area contributed by atoms with Crippen molar-refractivity contribution in [1.29, 1.82) is 0 Å². The Kier molecular flexibility index (Phi) is 8.28. The molecule has 0 saturated carbocycles. The molecule has 0 heterocycles. The van der Waals surface area contributed by atoms with Crippen molar-refractivity contribution in [3.63, 3.8) is 0 Å². The van der Waals surface area contributed by atoms with Crippen LogP contribution in [0.3, 0.4) is 0 Å². The van der Waals surface area contributed by atoms with E-state index in [0.29, 0.717) is 17.6 Å². The summed E-state index contributed by atoms with van der Waals surface area (Å²) in [5.74, 6) is 1.25. The molecule has 122 valence electrons. The van der Waals surface area contributed by atoms with Gasteiger partial charge in [-0.3, -0.25) is 15.6 Å². The van der Waals surface area contributed by atoms with Crippen molar-refractivity contribution in [3.05, 3.63) is 29.8 Å². The zero-order valence-electron chi connectivity index (χ0n) is 13.4. The summed E-state index contributed by atoms with van der Waals surface area (Å²) >= 11 is 5.06. The monoisotopic (exact) mass is 323 g/mol. The van der Waals surface area contributed by atoms with E-state index >= 15 is 0 Å². The van der Waals surface area contributed by atoms with Crippen LogP contribution in [0.25, 0.3) is 0 Å². The fourth-order valence-corrected chi connectivity index (χ4v) is 1.83. The third kappa shape index (κ3) is 7.83. The van der Waals surface area contributed by atoms with Crippen molar-refractivity contribution < 1.29 is 9.53 Å². The molecule has 5 nitrogen and oxygen atoms in total. The van der Waals surface area contributed by atoms with Crippen molar-refractivity contribution in [1.82, 2.24) is 16.2 Å². The number of rotatable bonds is 7. The maximum absolute atomic E-state index is 11.7. The van der Waals surface area contributed by atoms with Crippen molar-refractivity contribution >= 4 is 23.2 Å². The molecule has 0 fully saturated rings. The highest BCUT2D eigenvalue weighted by Gasteiger charge is 2.04. The molecule has 0 spiro atoms. The zero-order valence-corrected chi connectivity index (χ0v) is 14.3. The lowest BCUT2D eigenvalue weighted by Crippen LogP contribution is -2.47. The van der Waals surface area contributed by atoms with Gasteiger partial charge in [0, 0.05) is 6.54 Å². The molecule has 1 aromatic carbocycles. The number of hydrazine groups is 1. The van der Waals surface area contributed by atoms with Crippen molar-refractivity contribution in [2.24, 2.45) is 5.92 Å². The second-order valence-electron chi connectivity index (χ2n) is 5.48. The number of aryl methyl sites for hydroxylation is 1. The number of hydrogen-bond donors (Lipinski definition) is 3. The van der Waals surface area contributed by atoms with Crippen molar-refractivity contribution in [2.45, 2.75) is 33.6 Å². The van der Waals surface area contributed by atoms with E-state index < -0.39 is 0 Å². The lowest BCUT2D eigenvalue weighted by Gasteiger charge is -2.13. The molecule has 0 aliphatic carbocycles. The van der Waals surface area contributed by atoms with E-state index in [-0.39, 0.29) is 12.3 Å². The van der Waals surface area contributed by atoms with E-state index in [4.69, 9.17) is 17.0 Å². The molecule has 0 aromatic heterocycles. The van der Waals surface area contributed by atoms with Crippen molar-refractivity contribution in [3.8, 4) is 5.75 Å². The number of amides is 1. The average molecular weight is 323 g/mol. The summed E-state index contributed by atoms with van der Waals surface area (Å²) in [6.07, 6.45) is 1.29. The zero-order chi connectivity index (χ0) is 16.4. The van der Waals surface area contributed by atoms with Crippen LogP contribution in [0.5, 0.6) is 5.75 Å². The Morgan fingerprint density at radius 1 is 1.27 bits per heavy atom. The molecule has 0 atom stereocenters. The van der Waals surface area contributed by atoms with Gasteiger partial charge in [-0.15, -0.1) is 0 Å². The van der Waals surface area contributed by atoms with Gasteiger partial charge in [0.15, 0.2) is 5.11 Å². The number of carbonyl (C=O) groups is 1. The molecule has 1 rings (SSSR count). The van der Waals surface area contributed by atoms with E-state index in [1.54, 1.807) is 0 Å². The topological polar surface area (TPSA) is 62.4 Å². The molecule has 3 N–H and O–H groups in total. The fourth-order valence-electron chi connectivity index (χ4n) is 1.68. The Balaban J connectivity index is 2.13. The molecule has 0 saturated heterocycles. The summed E-state index contributed by atoms with van der Waals surface area (Å²) in [4.78, 5) is 11.7. The van der Waals surface area contributed by atoms with E-state index in [2.05, 4.69) is 30.0 Å². The van der Waals surface area contributed by atoms with Gasteiger partial charge in [-0.1, -0.05) is 32.0 Å². The molecular weight excluding hydrogens is 298 g/mol. The number of hydrogen-bond acceptors (Lipinski definition) is 3. The second-order valence-corrected chi connectivity index (χ2v) is 5.88. The number of para-hydroxylation sites is 1. The quantitative estimate of drug-likeness (QED) is 0.531. The Hall–Kier alpha value is -1.82. The smallest absolute Gasteiger partial charge is 0.241 e. The van der Waals surface area contributed by atoms with Crippen LogP contribution in [0, 0.1) is 12.8 Å². The van der Waals surface area contributed by atoms with Gasteiger partial charge in [0.25, 0.3) is 0 Å². The van der Waals surface area contributed by atoms with Crippen LogP contribution in [0.4, 0.5) is 0 Å². The maximum Gasteiger partial charge on any atom is 0.241 e. The fraction of sp³-hybridized carbons (Fsp3) is 0.500. The minimum absolute atomic E-state index is 0.165. The SMILES string of the molecule is Cc1ccccc1OCCC(=O)NNC(=S)NCCC(C)C. The minimum Gasteiger partial charge on any atom is -0.493 e. The number of benzene rings is 1. The Labute approximate surface area is 137 Å². The third-order valence-electron chi connectivity index (χ3n) is 3.00. The lowest BCUT2D eigenvalue weighted by molar-refractivity contribution is -0.122. The van der Waals surface area contributed by atoms with Gasteiger partial charge in [-0.25, -0.2) is 0 Å². The minimum atomic E-state index is -0.165. The van der Waals surface area contributed by atoms with Crippen LogP contribution in [-0.2, 0) is 4.79 Å². The van der Waals surface area contributed by atoms with E-state index in [9.17, 15) is 4.79 Å². The Morgan fingerprint density at radius 3 is 2.68 bits per heavy atom. The first-order chi connectivity index (χ1) is 10.5. The summed E-state index contributed by atoms with van der Waals surface area (Å²) in [5, 5.41) is 3.46. The van der Waals surface area contributed by atoms with E-state index in [1.165, 1.54) is 0 Å². The Bertz CT molecular complexity index is 492. The normalized spacial score (nSPS) is 10.2. The molecule has 1 amide bonds. The second kappa shape index (κ2) is 10.00. The number of thiocarbonyl (C=S) groups is 1. The summed E-state index contributed by atoms with van der Waals surface area (Å²) in [5.41, 5.74) is 6.28. The average Bonchev–Trinajstić information content (AvgIpc) is 2.47. The van der Waals surface area contributed by atoms with Gasteiger partial charge in [-0.2, -0.15) is 0 Å². The van der Waals surface area contributed by atoms with Gasteiger partial charge in [0.05, 0.1) is 13.0 Å². The highest BCUT2D eigenvalue weighted by atomic mass is 32.1. The van der Waals surface area contributed by atoms with Gasteiger partial charge in [0.2, 0.25) is 5.91 Å². The third-order valence-corrected chi connectivity index (χ3v) is 3.25. The van der Waals surface area contributed by atoms with E-state index in [1.807, 2.05) is 31.2 Å². The lowest BCUT2D eigenvalue weighted by atomic mass is 10.1. The van der Waals surface area contributed by atoms with Crippen LogP contribution in [0.1, 0.15) is 32.3 Å². The van der Waals surface area contributed by atoms with Gasteiger partial charge in [0.1, 0.15) is 5.75 Å². The summed E-state index contributed by atoms with van der Waals surface area (Å²) in [7, 11) is 0. The molecule has 1 aromatic rings. The molecule has 0 radical (unpaired) electrons. The predicted molar refractivity (Wildman–Crippen MR) is 92.6 cm³/mol. The van der Waals surface area contributed by atoms with E-state index in [0.717, 1.165) is 24.3 Å². The van der Waals surface area contributed by atoms with Crippen molar-refractivity contribution in [2.75, 3.05) is 13.2 Å². The molecule has 0 aliphatic heterocycles. The van der Waals surface area contributed by atoms with Gasteiger partial charge < -0.3 is 10.1 Å². The van der Waals surface area contributed by atoms with Crippen LogP contribution >= 0.6 is 12.2 Å². The molecule has 0 bridgehead atoms. The van der Waals surface area contributed by atoms with Crippen LogP contribution in [-0.4, -0.2) is 24.2 Å². The maximum atomic E-state index is 11.7.